The van der Waals surface area contributed by atoms with Crippen LogP contribution in [-0.2, 0) is 6.42 Å². The molecule has 1 heterocycles. The summed E-state index contributed by atoms with van der Waals surface area (Å²) in [4.78, 5) is 20.7. The minimum Gasteiger partial charge on any atom is -0.388 e. The van der Waals surface area contributed by atoms with Crippen molar-refractivity contribution in [2.45, 2.75) is 69.3 Å². The van der Waals surface area contributed by atoms with Gasteiger partial charge in [-0.3, -0.25) is 0 Å². The van der Waals surface area contributed by atoms with Crippen molar-refractivity contribution >= 4 is 6.03 Å². The zero-order valence-corrected chi connectivity index (χ0v) is 14.3. The standard InChI is InChI=1S/C18H28N4O2/c23-17(22-13-18(24)8-3-1-2-4-9-18)19-10-7-14-11-20-16(21-12-14)15-5-6-15/h11-12,15,24H,1-10,13H2,(H2,19,22,23). The molecule has 6 heteroatoms. The Bertz CT molecular complexity index is 534. The van der Waals surface area contributed by atoms with E-state index in [4.69, 9.17) is 0 Å². The number of nitrogens with one attached hydrogen (secondary N) is 2. The van der Waals surface area contributed by atoms with Crippen molar-refractivity contribution in [2.24, 2.45) is 0 Å². The maximum atomic E-state index is 11.9. The topological polar surface area (TPSA) is 87.1 Å². The molecule has 0 unspecified atom stereocenters. The third kappa shape index (κ3) is 5.16. The molecule has 1 aromatic heterocycles. The summed E-state index contributed by atoms with van der Waals surface area (Å²) in [7, 11) is 0. The molecule has 24 heavy (non-hydrogen) atoms. The highest BCUT2D eigenvalue weighted by molar-refractivity contribution is 5.73. The fourth-order valence-electron chi connectivity index (χ4n) is 3.24. The Morgan fingerprint density at radius 2 is 1.79 bits per heavy atom. The van der Waals surface area contributed by atoms with E-state index in [1.807, 2.05) is 12.4 Å². The SMILES string of the molecule is O=C(NCCc1cnc(C2CC2)nc1)NCC1(O)CCCCCC1. The van der Waals surface area contributed by atoms with Gasteiger partial charge in [0.15, 0.2) is 0 Å². The molecule has 0 atom stereocenters. The van der Waals surface area contributed by atoms with Crippen LogP contribution in [0.1, 0.15) is 68.7 Å². The fraction of sp³-hybridized carbons (Fsp3) is 0.722. The van der Waals surface area contributed by atoms with E-state index in [1.54, 1.807) is 0 Å². The number of aromatic nitrogens is 2. The van der Waals surface area contributed by atoms with Crippen molar-refractivity contribution in [3.63, 3.8) is 0 Å². The highest BCUT2D eigenvalue weighted by Crippen LogP contribution is 2.37. The number of hydrogen-bond donors (Lipinski definition) is 3. The van der Waals surface area contributed by atoms with Crippen molar-refractivity contribution in [1.29, 1.82) is 0 Å². The van der Waals surface area contributed by atoms with Crippen molar-refractivity contribution in [2.75, 3.05) is 13.1 Å². The van der Waals surface area contributed by atoms with E-state index >= 15 is 0 Å². The Morgan fingerprint density at radius 1 is 1.12 bits per heavy atom. The van der Waals surface area contributed by atoms with Gasteiger partial charge in [-0.1, -0.05) is 25.7 Å². The maximum Gasteiger partial charge on any atom is 0.314 e. The fourth-order valence-corrected chi connectivity index (χ4v) is 3.24. The Hall–Kier alpha value is -1.69. The quantitative estimate of drug-likeness (QED) is 0.698. The molecule has 0 saturated heterocycles. The van der Waals surface area contributed by atoms with Gasteiger partial charge in [-0.25, -0.2) is 14.8 Å². The first-order valence-corrected chi connectivity index (χ1v) is 9.20. The van der Waals surface area contributed by atoms with Crippen LogP contribution in [0.3, 0.4) is 0 Å². The minimum absolute atomic E-state index is 0.219. The predicted octanol–water partition coefficient (Wildman–Crippen LogP) is 2.28. The molecular weight excluding hydrogens is 304 g/mol. The van der Waals surface area contributed by atoms with Crippen molar-refractivity contribution in [3.8, 4) is 0 Å². The van der Waals surface area contributed by atoms with Crippen molar-refractivity contribution in [3.05, 3.63) is 23.8 Å². The van der Waals surface area contributed by atoms with Gasteiger partial charge < -0.3 is 15.7 Å². The summed E-state index contributed by atoms with van der Waals surface area (Å²) in [5, 5.41) is 16.2. The van der Waals surface area contributed by atoms with E-state index < -0.39 is 5.60 Å². The predicted molar refractivity (Wildman–Crippen MR) is 91.8 cm³/mol. The summed E-state index contributed by atoms with van der Waals surface area (Å²) >= 11 is 0. The zero-order chi connectivity index (χ0) is 16.8. The lowest BCUT2D eigenvalue weighted by Gasteiger charge is -2.26. The van der Waals surface area contributed by atoms with Crippen LogP contribution in [-0.4, -0.2) is 39.8 Å². The van der Waals surface area contributed by atoms with Crippen molar-refractivity contribution < 1.29 is 9.90 Å². The molecule has 2 aliphatic carbocycles. The highest BCUT2D eigenvalue weighted by Gasteiger charge is 2.28. The second kappa shape index (κ2) is 7.92. The number of aliphatic hydroxyl groups is 1. The summed E-state index contributed by atoms with van der Waals surface area (Å²) in [5.74, 6) is 1.51. The summed E-state index contributed by atoms with van der Waals surface area (Å²) in [6.07, 6.45) is 12.8. The highest BCUT2D eigenvalue weighted by atomic mass is 16.3. The number of carbonyl (C=O) groups excluding carboxylic acids is 1. The van der Waals surface area contributed by atoms with Crippen LogP contribution in [0.25, 0.3) is 0 Å². The van der Waals surface area contributed by atoms with E-state index in [0.717, 1.165) is 37.1 Å². The van der Waals surface area contributed by atoms with Crippen LogP contribution in [0, 0.1) is 0 Å². The van der Waals surface area contributed by atoms with Crippen LogP contribution in [0.15, 0.2) is 12.4 Å². The van der Waals surface area contributed by atoms with Crippen LogP contribution in [0.5, 0.6) is 0 Å². The lowest BCUT2D eigenvalue weighted by atomic mass is 9.95. The summed E-state index contributed by atoms with van der Waals surface area (Å²) in [6, 6.07) is -0.219. The molecule has 6 nitrogen and oxygen atoms in total. The molecule has 2 saturated carbocycles. The van der Waals surface area contributed by atoms with E-state index in [2.05, 4.69) is 20.6 Å². The average Bonchev–Trinajstić information content (AvgIpc) is 3.42. The van der Waals surface area contributed by atoms with E-state index in [9.17, 15) is 9.90 Å². The van der Waals surface area contributed by atoms with Gasteiger partial charge in [0.05, 0.1) is 5.60 Å². The monoisotopic (exact) mass is 332 g/mol. The second-order valence-electron chi connectivity index (χ2n) is 7.22. The van der Waals surface area contributed by atoms with Crippen molar-refractivity contribution in [1.82, 2.24) is 20.6 Å². The van der Waals surface area contributed by atoms with Gasteiger partial charge in [0.1, 0.15) is 5.82 Å². The van der Waals surface area contributed by atoms with Gasteiger partial charge in [0.25, 0.3) is 0 Å². The third-order valence-electron chi connectivity index (χ3n) is 4.98. The van der Waals surface area contributed by atoms with Gasteiger partial charge in [-0.2, -0.15) is 0 Å². The molecule has 0 spiro atoms. The molecule has 2 fully saturated rings. The van der Waals surface area contributed by atoms with Gasteiger partial charge in [0, 0.05) is 31.4 Å². The molecular formula is C18H28N4O2. The molecule has 0 aromatic carbocycles. The molecule has 3 rings (SSSR count). The number of hydrogen-bond acceptors (Lipinski definition) is 4. The van der Waals surface area contributed by atoms with Gasteiger partial charge in [-0.15, -0.1) is 0 Å². The van der Waals surface area contributed by atoms with Crippen LogP contribution in [0.4, 0.5) is 4.79 Å². The number of urea groups is 1. The molecule has 0 bridgehead atoms. The first-order valence-electron chi connectivity index (χ1n) is 9.20. The summed E-state index contributed by atoms with van der Waals surface area (Å²) < 4.78 is 0. The maximum absolute atomic E-state index is 11.9. The Labute approximate surface area is 143 Å². The van der Waals surface area contributed by atoms with Gasteiger partial charge in [0.2, 0.25) is 0 Å². The average molecular weight is 332 g/mol. The van der Waals surface area contributed by atoms with Crippen LogP contribution >= 0.6 is 0 Å². The first-order chi connectivity index (χ1) is 11.6. The lowest BCUT2D eigenvalue weighted by molar-refractivity contribution is 0.0277. The molecule has 3 N–H and O–H groups in total. The molecule has 1 aromatic rings. The Morgan fingerprint density at radius 3 is 2.42 bits per heavy atom. The number of carbonyl (C=O) groups is 1. The molecule has 0 radical (unpaired) electrons. The van der Waals surface area contributed by atoms with E-state index in [1.165, 1.54) is 25.7 Å². The number of nitrogens with zero attached hydrogens (tertiary/aromatic N) is 2. The molecule has 2 amide bonds. The largest absolute Gasteiger partial charge is 0.388 e. The second-order valence-corrected chi connectivity index (χ2v) is 7.22. The normalized spacial score (nSPS) is 20.2. The summed E-state index contributed by atoms with van der Waals surface area (Å²) in [5.41, 5.74) is 0.294. The van der Waals surface area contributed by atoms with Gasteiger partial charge >= 0.3 is 6.03 Å². The zero-order valence-electron chi connectivity index (χ0n) is 14.3. The van der Waals surface area contributed by atoms with E-state index in [0.29, 0.717) is 25.4 Å². The number of amides is 2. The summed E-state index contributed by atoms with van der Waals surface area (Å²) in [6.45, 7) is 0.869. The molecule has 0 aliphatic heterocycles. The Balaban J connectivity index is 1.34. The lowest BCUT2D eigenvalue weighted by Crippen LogP contribution is -2.46. The van der Waals surface area contributed by atoms with Crippen LogP contribution in [0.2, 0.25) is 0 Å². The van der Waals surface area contributed by atoms with Crippen LogP contribution < -0.4 is 10.6 Å². The van der Waals surface area contributed by atoms with E-state index in [-0.39, 0.29) is 6.03 Å². The minimum atomic E-state index is -0.736. The smallest absolute Gasteiger partial charge is 0.314 e. The Kier molecular flexibility index (Phi) is 5.66. The third-order valence-corrected chi connectivity index (χ3v) is 4.98. The first kappa shape index (κ1) is 17.1. The van der Waals surface area contributed by atoms with Gasteiger partial charge in [-0.05, 0) is 37.7 Å². The number of rotatable bonds is 6. The molecule has 132 valence electrons. The molecule has 2 aliphatic rings.